The monoisotopic (exact) mass is 400 g/mol. The van der Waals surface area contributed by atoms with Gasteiger partial charge in [0.2, 0.25) is 0 Å². The maximum Gasteiger partial charge on any atom is 0.325 e. The highest BCUT2D eigenvalue weighted by Gasteiger charge is 2.11. The first-order valence-electron chi connectivity index (χ1n) is 9.08. The van der Waals surface area contributed by atoms with Crippen molar-refractivity contribution in [2.75, 3.05) is 26.9 Å². The van der Waals surface area contributed by atoms with Gasteiger partial charge in [0.1, 0.15) is 18.0 Å². The molecule has 0 unspecified atom stereocenters. The zero-order valence-electron chi connectivity index (χ0n) is 16.4. The molecule has 0 bridgehead atoms. The van der Waals surface area contributed by atoms with Crippen LogP contribution in [0.25, 0.3) is 0 Å². The minimum absolute atomic E-state index is 0.280. The molecule has 2 aromatic rings. The van der Waals surface area contributed by atoms with E-state index >= 15 is 0 Å². The van der Waals surface area contributed by atoms with Crippen molar-refractivity contribution in [2.24, 2.45) is 0 Å². The number of benzene rings is 2. The normalized spacial score (nSPS) is 10.0. The lowest BCUT2D eigenvalue weighted by molar-refractivity contribution is -0.147. The van der Waals surface area contributed by atoms with Crippen LogP contribution in [-0.4, -0.2) is 44.7 Å². The predicted molar refractivity (Wildman–Crippen MR) is 106 cm³/mol. The summed E-state index contributed by atoms with van der Waals surface area (Å²) in [4.78, 5) is 35.5. The number of carbonyl (C=O) groups excluding carboxylic acids is 3. The molecule has 0 radical (unpaired) electrons. The quantitative estimate of drug-likeness (QED) is 0.589. The Balaban J connectivity index is 1.67. The summed E-state index contributed by atoms with van der Waals surface area (Å²) in [5.74, 6) is -0.234. The standard InChI is InChI=1S/C21H24N2O6/c1-3-28-17-9-7-16(8-10-17)21(26)23-13-20(25)29-14-19(24)22-12-15-5-4-6-18(11-15)27-2/h4-11H,3,12-14H2,1-2H3,(H,22,24)(H,23,26). The van der Waals surface area contributed by atoms with E-state index in [1.807, 2.05) is 19.1 Å². The van der Waals surface area contributed by atoms with E-state index in [1.54, 1.807) is 43.5 Å². The van der Waals surface area contributed by atoms with Gasteiger partial charge in [-0.15, -0.1) is 0 Å². The van der Waals surface area contributed by atoms with Gasteiger partial charge in [-0.1, -0.05) is 12.1 Å². The van der Waals surface area contributed by atoms with Crippen LogP contribution < -0.4 is 20.1 Å². The van der Waals surface area contributed by atoms with Crippen molar-refractivity contribution in [3.8, 4) is 11.5 Å². The molecular formula is C21H24N2O6. The maximum atomic E-state index is 12.0. The number of hydrogen-bond acceptors (Lipinski definition) is 6. The summed E-state index contributed by atoms with van der Waals surface area (Å²) >= 11 is 0. The lowest BCUT2D eigenvalue weighted by Crippen LogP contribution is -2.33. The fourth-order valence-electron chi connectivity index (χ4n) is 2.35. The van der Waals surface area contributed by atoms with E-state index in [-0.39, 0.29) is 13.1 Å². The van der Waals surface area contributed by atoms with Gasteiger partial charge < -0.3 is 24.8 Å². The Labute approximate surface area is 169 Å². The summed E-state index contributed by atoms with van der Waals surface area (Å²) in [6.45, 7) is 1.91. The third kappa shape index (κ3) is 7.53. The molecule has 0 fully saturated rings. The van der Waals surface area contributed by atoms with Gasteiger partial charge in [0.25, 0.3) is 11.8 Å². The summed E-state index contributed by atoms with van der Waals surface area (Å²) < 4.78 is 15.3. The third-order valence-corrected chi connectivity index (χ3v) is 3.81. The van der Waals surface area contributed by atoms with Gasteiger partial charge in [-0.05, 0) is 48.9 Å². The summed E-state index contributed by atoms with van der Waals surface area (Å²) in [5.41, 5.74) is 1.24. The van der Waals surface area contributed by atoms with E-state index in [0.29, 0.717) is 23.7 Å². The Morgan fingerprint density at radius 2 is 1.72 bits per heavy atom. The van der Waals surface area contributed by atoms with Crippen LogP contribution in [0.4, 0.5) is 0 Å². The van der Waals surface area contributed by atoms with E-state index < -0.39 is 24.4 Å². The van der Waals surface area contributed by atoms with Crippen LogP contribution in [0.5, 0.6) is 11.5 Å². The average molecular weight is 400 g/mol. The second-order valence-electron chi connectivity index (χ2n) is 5.93. The summed E-state index contributed by atoms with van der Waals surface area (Å²) in [7, 11) is 1.56. The van der Waals surface area contributed by atoms with Crippen molar-refractivity contribution in [3.63, 3.8) is 0 Å². The summed E-state index contributed by atoms with van der Waals surface area (Å²) in [5, 5.41) is 5.09. The molecule has 0 saturated heterocycles. The molecule has 0 aliphatic heterocycles. The fraction of sp³-hybridized carbons (Fsp3) is 0.286. The van der Waals surface area contributed by atoms with Crippen LogP contribution in [0.15, 0.2) is 48.5 Å². The summed E-state index contributed by atoms with van der Waals surface area (Å²) in [6.07, 6.45) is 0. The van der Waals surface area contributed by atoms with E-state index in [9.17, 15) is 14.4 Å². The van der Waals surface area contributed by atoms with Gasteiger partial charge in [-0.3, -0.25) is 14.4 Å². The van der Waals surface area contributed by atoms with E-state index in [1.165, 1.54) is 0 Å². The van der Waals surface area contributed by atoms with Gasteiger partial charge in [0, 0.05) is 12.1 Å². The molecule has 2 rings (SSSR count). The van der Waals surface area contributed by atoms with Crippen LogP contribution in [0.2, 0.25) is 0 Å². The zero-order valence-corrected chi connectivity index (χ0v) is 16.4. The Morgan fingerprint density at radius 3 is 2.41 bits per heavy atom. The molecule has 0 aromatic heterocycles. The van der Waals surface area contributed by atoms with Crippen LogP contribution in [0.1, 0.15) is 22.8 Å². The van der Waals surface area contributed by atoms with Crippen molar-refractivity contribution in [2.45, 2.75) is 13.5 Å². The molecule has 0 spiro atoms. The van der Waals surface area contributed by atoms with Gasteiger partial charge in [0.15, 0.2) is 6.61 Å². The Bertz CT molecular complexity index is 835. The number of carbonyl (C=O) groups is 3. The molecule has 2 N–H and O–H groups in total. The molecule has 0 heterocycles. The molecule has 29 heavy (non-hydrogen) atoms. The van der Waals surface area contributed by atoms with Crippen LogP contribution in [0.3, 0.4) is 0 Å². The lowest BCUT2D eigenvalue weighted by Gasteiger charge is -2.09. The smallest absolute Gasteiger partial charge is 0.325 e. The lowest BCUT2D eigenvalue weighted by atomic mass is 10.2. The van der Waals surface area contributed by atoms with E-state index in [0.717, 1.165) is 5.56 Å². The number of ether oxygens (including phenoxy) is 3. The summed E-state index contributed by atoms with van der Waals surface area (Å²) in [6, 6.07) is 13.8. The number of methoxy groups -OCH3 is 1. The highest BCUT2D eigenvalue weighted by molar-refractivity contribution is 5.96. The highest BCUT2D eigenvalue weighted by atomic mass is 16.5. The number of amides is 2. The van der Waals surface area contributed by atoms with Gasteiger partial charge in [-0.25, -0.2) is 0 Å². The van der Waals surface area contributed by atoms with Crippen molar-refractivity contribution in [1.29, 1.82) is 0 Å². The topological polar surface area (TPSA) is 103 Å². The molecular weight excluding hydrogens is 376 g/mol. The van der Waals surface area contributed by atoms with E-state index in [2.05, 4.69) is 10.6 Å². The third-order valence-electron chi connectivity index (χ3n) is 3.81. The Hall–Kier alpha value is -3.55. The molecule has 2 aromatic carbocycles. The SMILES string of the molecule is CCOc1ccc(C(=O)NCC(=O)OCC(=O)NCc2cccc(OC)c2)cc1. The van der Waals surface area contributed by atoms with E-state index in [4.69, 9.17) is 14.2 Å². The minimum Gasteiger partial charge on any atom is -0.497 e. The first-order valence-corrected chi connectivity index (χ1v) is 9.08. The van der Waals surface area contributed by atoms with Gasteiger partial charge in [-0.2, -0.15) is 0 Å². The Kier molecular flexibility index (Phi) is 8.50. The van der Waals surface area contributed by atoms with Gasteiger partial charge in [0.05, 0.1) is 13.7 Å². The molecule has 2 amide bonds. The molecule has 0 saturated carbocycles. The largest absolute Gasteiger partial charge is 0.497 e. The molecule has 0 aliphatic carbocycles. The zero-order chi connectivity index (χ0) is 21.1. The predicted octanol–water partition coefficient (Wildman–Crippen LogP) is 1.68. The number of esters is 1. The number of rotatable bonds is 10. The molecule has 8 nitrogen and oxygen atoms in total. The van der Waals surface area contributed by atoms with Crippen LogP contribution >= 0.6 is 0 Å². The first kappa shape index (κ1) is 21.7. The Morgan fingerprint density at radius 1 is 0.966 bits per heavy atom. The highest BCUT2D eigenvalue weighted by Crippen LogP contribution is 2.12. The second-order valence-corrected chi connectivity index (χ2v) is 5.93. The van der Waals surface area contributed by atoms with Crippen LogP contribution in [0, 0.1) is 0 Å². The van der Waals surface area contributed by atoms with Crippen molar-refractivity contribution >= 4 is 17.8 Å². The van der Waals surface area contributed by atoms with Crippen LogP contribution in [-0.2, 0) is 20.9 Å². The maximum absolute atomic E-state index is 12.0. The number of nitrogens with one attached hydrogen (secondary N) is 2. The average Bonchev–Trinajstić information content (AvgIpc) is 2.75. The second kappa shape index (κ2) is 11.3. The van der Waals surface area contributed by atoms with Crippen molar-refractivity contribution in [1.82, 2.24) is 10.6 Å². The van der Waals surface area contributed by atoms with Crippen molar-refractivity contribution < 1.29 is 28.6 Å². The molecule has 0 atom stereocenters. The first-order chi connectivity index (χ1) is 14.0. The molecule has 0 aliphatic rings. The van der Waals surface area contributed by atoms with Gasteiger partial charge >= 0.3 is 5.97 Å². The molecule has 154 valence electrons. The fourth-order valence-corrected chi connectivity index (χ4v) is 2.35. The van der Waals surface area contributed by atoms with Crippen molar-refractivity contribution in [3.05, 3.63) is 59.7 Å². The number of hydrogen-bond donors (Lipinski definition) is 2. The molecule has 8 heteroatoms. The minimum atomic E-state index is -0.708.